The zero-order valence-electron chi connectivity index (χ0n) is 20.2. The van der Waals surface area contributed by atoms with E-state index >= 15 is 0 Å². The number of benzene rings is 2. The zero-order valence-corrected chi connectivity index (χ0v) is 20.2. The van der Waals surface area contributed by atoms with Gasteiger partial charge in [0, 0.05) is 36.6 Å². The minimum atomic E-state index is -0.877. The first-order chi connectivity index (χ1) is 16.7. The van der Waals surface area contributed by atoms with Gasteiger partial charge >= 0.3 is 49.7 Å². The number of likely N-dealkylation sites (N-methyl/N-ethyl adjacent to an activating group) is 1. The van der Waals surface area contributed by atoms with Gasteiger partial charge in [0.15, 0.2) is 0 Å². The van der Waals surface area contributed by atoms with Crippen molar-refractivity contribution in [3.05, 3.63) is 98.4 Å². The Kier molecular flexibility index (Phi) is 11.1. The van der Waals surface area contributed by atoms with Gasteiger partial charge in [-0.25, -0.2) is 9.59 Å². The molecular weight excluding hydrogens is 490 g/mol. The van der Waals surface area contributed by atoms with Crippen LogP contribution in [0.4, 0.5) is 5.69 Å². The van der Waals surface area contributed by atoms with Crippen molar-refractivity contribution in [3.8, 4) is 0 Å². The maximum absolute atomic E-state index is 13.3. The summed E-state index contributed by atoms with van der Waals surface area (Å²) >= 11 is 0. The van der Waals surface area contributed by atoms with E-state index in [4.69, 9.17) is 9.47 Å². The van der Waals surface area contributed by atoms with E-state index in [0.717, 1.165) is 5.56 Å². The van der Waals surface area contributed by atoms with Crippen molar-refractivity contribution in [3.63, 3.8) is 0 Å². The van der Waals surface area contributed by atoms with Gasteiger partial charge in [-0.2, -0.15) is 0 Å². The average Bonchev–Trinajstić information content (AvgIpc) is 2.83. The molecule has 10 heteroatoms. The second kappa shape index (κ2) is 13.5. The van der Waals surface area contributed by atoms with Crippen LogP contribution in [0.2, 0.25) is 0 Å². The molecular formula is C26H31CaN3O6. The van der Waals surface area contributed by atoms with E-state index in [1.807, 2.05) is 42.3 Å². The van der Waals surface area contributed by atoms with Crippen LogP contribution in [0, 0.1) is 10.1 Å². The van der Waals surface area contributed by atoms with Crippen molar-refractivity contribution in [2.24, 2.45) is 0 Å². The summed E-state index contributed by atoms with van der Waals surface area (Å²) in [5, 5.41) is 14.4. The Labute approximate surface area is 240 Å². The monoisotopic (exact) mass is 521 g/mol. The van der Waals surface area contributed by atoms with Crippen LogP contribution in [-0.4, -0.2) is 86.8 Å². The van der Waals surface area contributed by atoms with Crippen LogP contribution >= 0.6 is 0 Å². The first-order valence-corrected chi connectivity index (χ1v) is 11.1. The molecule has 1 atom stereocenters. The number of ether oxygens (including phenoxy) is 2. The second-order valence-corrected chi connectivity index (χ2v) is 8.34. The molecule has 1 unspecified atom stereocenters. The zero-order chi connectivity index (χ0) is 25.5. The van der Waals surface area contributed by atoms with Gasteiger partial charge in [0.2, 0.25) is 0 Å². The summed E-state index contributed by atoms with van der Waals surface area (Å²) < 4.78 is 10.6. The number of dihydropyridines is 1. The molecule has 0 aromatic heterocycles. The van der Waals surface area contributed by atoms with Crippen LogP contribution in [-0.2, 0) is 25.6 Å². The number of nitro groups is 1. The van der Waals surface area contributed by atoms with Gasteiger partial charge in [0.1, 0.15) is 6.61 Å². The van der Waals surface area contributed by atoms with E-state index in [1.54, 1.807) is 19.9 Å². The van der Waals surface area contributed by atoms with Gasteiger partial charge in [0.05, 0.1) is 29.1 Å². The molecule has 9 nitrogen and oxygen atoms in total. The molecule has 1 aliphatic rings. The predicted octanol–water partition coefficient (Wildman–Crippen LogP) is 2.76. The number of nitro benzene ring substituents is 1. The maximum atomic E-state index is 13.3. The fourth-order valence-electron chi connectivity index (χ4n) is 4.14. The van der Waals surface area contributed by atoms with Crippen molar-refractivity contribution >= 4 is 55.4 Å². The predicted molar refractivity (Wildman–Crippen MR) is 139 cm³/mol. The molecule has 36 heavy (non-hydrogen) atoms. The quantitative estimate of drug-likeness (QED) is 0.232. The Morgan fingerprint density at radius 3 is 2.28 bits per heavy atom. The summed E-state index contributed by atoms with van der Waals surface area (Å²) in [7, 11) is 3.18. The summed E-state index contributed by atoms with van der Waals surface area (Å²) in [6.07, 6.45) is 0. The van der Waals surface area contributed by atoms with Crippen molar-refractivity contribution in [1.29, 1.82) is 0 Å². The molecule has 0 bridgehead atoms. The Hall–Kier alpha value is -2.72. The number of rotatable bonds is 9. The van der Waals surface area contributed by atoms with Crippen LogP contribution in [0.25, 0.3) is 0 Å². The van der Waals surface area contributed by atoms with E-state index in [-0.39, 0.29) is 61.2 Å². The van der Waals surface area contributed by atoms with E-state index in [1.165, 1.54) is 25.3 Å². The molecule has 0 saturated carbocycles. The summed E-state index contributed by atoms with van der Waals surface area (Å²) in [6, 6.07) is 15.8. The van der Waals surface area contributed by atoms with Gasteiger partial charge in [-0.3, -0.25) is 15.0 Å². The fraction of sp³-hybridized carbons (Fsp3) is 0.308. The Bertz CT molecular complexity index is 1180. The standard InChI is InChI=1S/C26H29N3O6.Ca.2H/c1-17-22(25(30)34-4)24(20-11-8-12-21(15-20)29(32)33)23(18(2)27-17)26(31)35-14-13-28(3)16-19-9-6-5-7-10-19;;;/h5-12,15,24,27H,13-14,16H2,1-4H3;;;. The minimum absolute atomic E-state index is 0. The molecule has 0 amide bonds. The topological polar surface area (TPSA) is 111 Å². The molecule has 2 aromatic rings. The molecule has 1 aliphatic heterocycles. The molecule has 0 aliphatic carbocycles. The SMILES string of the molecule is COC(=O)C1=C(C)NC(C)=C(C(=O)OCCN(C)Cc2ccccc2)C1c1cccc([N+](=O)[O-])c1.[CaH2]. The van der Waals surface area contributed by atoms with Gasteiger partial charge in [-0.05, 0) is 32.0 Å². The summed E-state index contributed by atoms with van der Waals surface area (Å²) in [5.74, 6) is -2.11. The number of allylic oxidation sites excluding steroid dienone is 2. The Morgan fingerprint density at radius 1 is 1.03 bits per heavy atom. The molecule has 0 saturated heterocycles. The fourth-order valence-corrected chi connectivity index (χ4v) is 4.14. The second-order valence-electron chi connectivity index (χ2n) is 8.34. The van der Waals surface area contributed by atoms with Crippen molar-refractivity contribution in [1.82, 2.24) is 10.2 Å². The van der Waals surface area contributed by atoms with Crippen LogP contribution in [0.1, 0.15) is 30.9 Å². The Balaban J connectivity index is 0.00000456. The Morgan fingerprint density at radius 2 is 1.67 bits per heavy atom. The summed E-state index contributed by atoms with van der Waals surface area (Å²) in [4.78, 5) is 38.8. The third-order valence-electron chi connectivity index (χ3n) is 5.80. The van der Waals surface area contributed by atoms with Gasteiger partial charge < -0.3 is 14.8 Å². The molecule has 2 aromatic carbocycles. The molecule has 0 fully saturated rings. The van der Waals surface area contributed by atoms with Crippen LogP contribution in [0.5, 0.6) is 0 Å². The van der Waals surface area contributed by atoms with Crippen molar-refractivity contribution in [2.45, 2.75) is 26.3 Å². The molecule has 188 valence electrons. The molecule has 0 spiro atoms. The van der Waals surface area contributed by atoms with Gasteiger partial charge in [0.25, 0.3) is 5.69 Å². The number of nitrogens with zero attached hydrogens (tertiary/aromatic N) is 2. The van der Waals surface area contributed by atoms with Crippen LogP contribution < -0.4 is 5.32 Å². The molecule has 3 rings (SSSR count). The first-order valence-electron chi connectivity index (χ1n) is 11.1. The van der Waals surface area contributed by atoms with Crippen LogP contribution in [0.3, 0.4) is 0 Å². The van der Waals surface area contributed by atoms with Crippen LogP contribution in [0.15, 0.2) is 77.1 Å². The number of hydrogen-bond acceptors (Lipinski definition) is 8. The molecule has 1 heterocycles. The number of methoxy groups -OCH3 is 1. The van der Waals surface area contributed by atoms with E-state index < -0.39 is 22.8 Å². The third kappa shape index (κ3) is 7.16. The normalized spacial score (nSPS) is 15.2. The number of hydrogen-bond donors (Lipinski definition) is 1. The van der Waals surface area contributed by atoms with E-state index in [2.05, 4.69) is 5.32 Å². The molecule has 0 radical (unpaired) electrons. The van der Waals surface area contributed by atoms with Gasteiger partial charge in [-0.15, -0.1) is 0 Å². The van der Waals surface area contributed by atoms with Crippen molar-refractivity contribution in [2.75, 3.05) is 27.3 Å². The number of esters is 2. The number of carbonyl (C=O) groups excluding carboxylic acids is 2. The third-order valence-corrected chi connectivity index (χ3v) is 5.80. The van der Waals surface area contributed by atoms with E-state index in [0.29, 0.717) is 30.0 Å². The first kappa shape index (κ1) is 29.5. The average molecular weight is 522 g/mol. The van der Waals surface area contributed by atoms with E-state index in [9.17, 15) is 19.7 Å². The summed E-state index contributed by atoms with van der Waals surface area (Å²) in [5.41, 5.74) is 2.85. The molecule has 1 N–H and O–H groups in total. The van der Waals surface area contributed by atoms with Crippen molar-refractivity contribution < 1.29 is 24.0 Å². The number of nitrogens with one attached hydrogen (secondary N) is 1. The van der Waals surface area contributed by atoms with Gasteiger partial charge in [-0.1, -0.05) is 42.5 Å². The summed E-state index contributed by atoms with van der Waals surface area (Å²) in [6.45, 7) is 4.74. The number of non-ortho nitro benzene ring substituents is 1. The number of carbonyl (C=O) groups is 2.